The van der Waals surface area contributed by atoms with Crippen molar-refractivity contribution in [3.8, 4) is 11.5 Å². The number of halogens is 4. The maximum absolute atomic E-state index is 12.8. The van der Waals surface area contributed by atoms with Gasteiger partial charge in [0, 0.05) is 4.47 Å². The van der Waals surface area contributed by atoms with Gasteiger partial charge >= 0.3 is 6.18 Å². The zero-order chi connectivity index (χ0) is 13.2. The normalized spacial score (nSPS) is 11.3. The second-order valence-electron chi connectivity index (χ2n) is 3.55. The summed E-state index contributed by atoms with van der Waals surface area (Å²) in [6.45, 7) is 0. The molecule has 0 bridgehead atoms. The number of benzene rings is 2. The highest BCUT2D eigenvalue weighted by Crippen LogP contribution is 2.39. The van der Waals surface area contributed by atoms with Crippen LogP contribution in [0.3, 0.4) is 0 Å². The molecule has 0 aliphatic heterocycles. The molecule has 0 saturated heterocycles. The number of ether oxygens (including phenoxy) is 1. The minimum Gasteiger partial charge on any atom is -0.457 e. The Morgan fingerprint density at radius 2 is 1.61 bits per heavy atom. The van der Waals surface area contributed by atoms with Crippen molar-refractivity contribution in [3.63, 3.8) is 0 Å². The third-order valence-corrected chi connectivity index (χ3v) is 2.71. The molecule has 0 heterocycles. The number of hydrogen-bond donors (Lipinski definition) is 0. The topological polar surface area (TPSA) is 9.23 Å². The van der Waals surface area contributed by atoms with E-state index in [4.69, 9.17) is 4.74 Å². The van der Waals surface area contributed by atoms with Gasteiger partial charge in [-0.15, -0.1) is 0 Å². The molecular formula is C13H8BrF3O. The van der Waals surface area contributed by atoms with Crippen LogP contribution in [0, 0.1) is 0 Å². The molecule has 2 aromatic rings. The van der Waals surface area contributed by atoms with Gasteiger partial charge in [0.2, 0.25) is 0 Å². The van der Waals surface area contributed by atoms with Gasteiger partial charge in [0.05, 0.1) is 5.56 Å². The number of para-hydroxylation sites is 1. The Morgan fingerprint density at radius 3 is 2.22 bits per heavy atom. The van der Waals surface area contributed by atoms with Gasteiger partial charge < -0.3 is 4.74 Å². The Labute approximate surface area is 110 Å². The van der Waals surface area contributed by atoms with E-state index in [9.17, 15) is 13.2 Å². The average molecular weight is 317 g/mol. The lowest BCUT2D eigenvalue weighted by Crippen LogP contribution is -2.07. The van der Waals surface area contributed by atoms with E-state index in [1.807, 2.05) is 0 Å². The quantitative estimate of drug-likeness (QED) is 0.734. The van der Waals surface area contributed by atoms with Crippen LogP contribution in [0.4, 0.5) is 13.2 Å². The van der Waals surface area contributed by atoms with Gasteiger partial charge in [0.1, 0.15) is 11.5 Å². The Morgan fingerprint density at radius 1 is 0.944 bits per heavy atom. The molecule has 0 spiro atoms. The summed E-state index contributed by atoms with van der Waals surface area (Å²) in [5.41, 5.74) is -0.805. The van der Waals surface area contributed by atoms with E-state index in [0.29, 0.717) is 10.2 Å². The first-order valence-corrected chi connectivity index (χ1v) is 5.86. The van der Waals surface area contributed by atoms with Crippen LogP contribution >= 0.6 is 15.9 Å². The summed E-state index contributed by atoms with van der Waals surface area (Å²) in [5.74, 6) is 0.155. The highest BCUT2D eigenvalue weighted by atomic mass is 79.9. The molecule has 0 aromatic heterocycles. The van der Waals surface area contributed by atoms with Crippen molar-refractivity contribution in [3.05, 3.63) is 58.6 Å². The predicted molar refractivity (Wildman–Crippen MR) is 65.7 cm³/mol. The second-order valence-corrected chi connectivity index (χ2v) is 4.47. The lowest BCUT2D eigenvalue weighted by atomic mass is 10.2. The van der Waals surface area contributed by atoms with Crippen molar-refractivity contribution in [2.45, 2.75) is 6.18 Å². The molecule has 0 atom stereocenters. The molecule has 0 amide bonds. The molecule has 0 aliphatic carbocycles. The Balaban J connectivity index is 2.39. The first kappa shape index (κ1) is 13.0. The van der Waals surface area contributed by atoms with Gasteiger partial charge in [0.15, 0.2) is 0 Å². The standard InChI is InChI=1S/C13H8BrF3O/c14-9-6-7-12(11(8-9)13(15,16)17)18-10-4-2-1-3-5-10/h1-8H. The van der Waals surface area contributed by atoms with Gasteiger partial charge in [-0.3, -0.25) is 0 Å². The monoisotopic (exact) mass is 316 g/mol. The molecule has 5 heteroatoms. The predicted octanol–water partition coefficient (Wildman–Crippen LogP) is 5.26. The summed E-state index contributed by atoms with van der Waals surface area (Å²) in [7, 11) is 0. The van der Waals surface area contributed by atoms with Gasteiger partial charge in [-0.25, -0.2) is 0 Å². The largest absolute Gasteiger partial charge is 0.457 e. The molecular weight excluding hydrogens is 309 g/mol. The summed E-state index contributed by atoms with van der Waals surface area (Å²) in [6.07, 6.45) is -4.45. The second kappa shape index (κ2) is 5.02. The van der Waals surface area contributed by atoms with Crippen molar-refractivity contribution in [1.29, 1.82) is 0 Å². The van der Waals surface area contributed by atoms with Crippen LogP contribution < -0.4 is 4.74 Å². The lowest BCUT2D eigenvalue weighted by molar-refractivity contribution is -0.138. The van der Waals surface area contributed by atoms with Crippen molar-refractivity contribution in [2.75, 3.05) is 0 Å². The van der Waals surface area contributed by atoms with Crippen molar-refractivity contribution in [2.24, 2.45) is 0 Å². The van der Waals surface area contributed by atoms with E-state index < -0.39 is 11.7 Å². The maximum Gasteiger partial charge on any atom is 0.420 e. The first-order valence-electron chi connectivity index (χ1n) is 5.06. The molecule has 1 nitrogen and oxygen atoms in total. The van der Waals surface area contributed by atoms with Crippen molar-refractivity contribution >= 4 is 15.9 Å². The molecule has 0 saturated carbocycles. The zero-order valence-electron chi connectivity index (χ0n) is 9.04. The van der Waals surface area contributed by atoms with Gasteiger partial charge in [-0.1, -0.05) is 34.1 Å². The highest BCUT2D eigenvalue weighted by molar-refractivity contribution is 9.10. The molecule has 0 radical (unpaired) electrons. The van der Waals surface area contributed by atoms with E-state index in [1.54, 1.807) is 30.3 Å². The summed E-state index contributed by atoms with van der Waals surface area (Å²) >= 11 is 3.02. The third kappa shape index (κ3) is 3.04. The fourth-order valence-corrected chi connectivity index (χ4v) is 1.79. The number of hydrogen-bond acceptors (Lipinski definition) is 1. The SMILES string of the molecule is FC(F)(F)c1cc(Br)ccc1Oc1ccccc1. The Kier molecular flexibility index (Phi) is 3.61. The molecule has 2 rings (SSSR count). The van der Waals surface area contributed by atoms with Crippen LogP contribution in [0.2, 0.25) is 0 Å². The third-order valence-electron chi connectivity index (χ3n) is 2.22. The summed E-state index contributed by atoms with van der Waals surface area (Å²) in [4.78, 5) is 0. The van der Waals surface area contributed by atoms with E-state index >= 15 is 0 Å². The molecule has 0 aliphatic rings. The summed E-state index contributed by atoms with van der Waals surface area (Å²) in [6, 6.07) is 12.2. The highest BCUT2D eigenvalue weighted by Gasteiger charge is 2.34. The lowest BCUT2D eigenvalue weighted by Gasteiger charge is -2.13. The number of rotatable bonds is 2. The molecule has 2 aromatic carbocycles. The van der Waals surface area contributed by atoms with Gasteiger partial charge in [-0.2, -0.15) is 13.2 Å². The van der Waals surface area contributed by atoms with E-state index in [1.165, 1.54) is 12.1 Å². The average Bonchev–Trinajstić information content (AvgIpc) is 2.31. The van der Waals surface area contributed by atoms with E-state index in [-0.39, 0.29) is 5.75 Å². The van der Waals surface area contributed by atoms with Crippen LogP contribution in [0.1, 0.15) is 5.56 Å². The minimum atomic E-state index is -4.45. The van der Waals surface area contributed by atoms with E-state index in [0.717, 1.165) is 6.07 Å². The zero-order valence-corrected chi connectivity index (χ0v) is 10.6. The van der Waals surface area contributed by atoms with Gasteiger partial charge in [0.25, 0.3) is 0 Å². The van der Waals surface area contributed by atoms with Crippen LogP contribution in [0.15, 0.2) is 53.0 Å². The van der Waals surface area contributed by atoms with Crippen molar-refractivity contribution in [1.82, 2.24) is 0 Å². The summed E-state index contributed by atoms with van der Waals surface area (Å²) in [5, 5.41) is 0. The molecule has 94 valence electrons. The molecule has 18 heavy (non-hydrogen) atoms. The first-order chi connectivity index (χ1) is 8.47. The van der Waals surface area contributed by atoms with Crippen LogP contribution in [0.25, 0.3) is 0 Å². The molecule has 0 unspecified atom stereocenters. The molecule has 0 fully saturated rings. The number of alkyl halides is 3. The van der Waals surface area contributed by atoms with Crippen LogP contribution in [-0.2, 0) is 6.18 Å². The van der Waals surface area contributed by atoms with Crippen molar-refractivity contribution < 1.29 is 17.9 Å². The van der Waals surface area contributed by atoms with Gasteiger partial charge in [-0.05, 0) is 30.3 Å². The minimum absolute atomic E-state index is 0.211. The van der Waals surface area contributed by atoms with Crippen LogP contribution in [-0.4, -0.2) is 0 Å². The smallest absolute Gasteiger partial charge is 0.420 e. The fraction of sp³-hybridized carbons (Fsp3) is 0.0769. The van der Waals surface area contributed by atoms with Crippen LogP contribution in [0.5, 0.6) is 11.5 Å². The molecule has 0 N–H and O–H groups in total. The Hall–Kier alpha value is -1.49. The summed E-state index contributed by atoms with van der Waals surface area (Å²) < 4.78 is 44.1. The fourth-order valence-electron chi connectivity index (χ4n) is 1.43. The Bertz CT molecular complexity index is 538. The maximum atomic E-state index is 12.8. The van der Waals surface area contributed by atoms with E-state index in [2.05, 4.69) is 15.9 Å².